The van der Waals surface area contributed by atoms with Crippen LogP contribution in [0.5, 0.6) is 5.75 Å². The van der Waals surface area contributed by atoms with Crippen molar-refractivity contribution in [2.24, 2.45) is 16.3 Å². The molecule has 1 heterocycles. The second-order valence-corrected chi connectivity index (χ2v) is 13.7. The van der Waals surface area contributed by atoms with E-state index in [0.717, 1.165) is 57.5 Å². The molecule has 0 fully saturated rings. The average molecular weight is 607 g/mol. The summed E-state index contributed by atoms with van der Waals surface area (Å²) < 4.78 is 6.34. The van der Waals surface area contributed by atoms with Crippen LogP contribution < -0.4 is 10.1 Å². The summed E-state index contributed by atoms with van der Waals surface area (Å²) in [5.41, 5.74) is 4.70. The molecule has 0 radical (unpaired) electrons. The molecule has 6 heteroatoms. The molecule has 1 aliphatic carbocycles. The summed E-state index contributed by atoms with van der Waals surface area (Å²) in [7, 11) is 0. The van der Waals surface area contributed by atoms with E-state index in [9.17, 15) is 4.79 Å². The lowest BCUT2D eigenvalue weighted by atomic mass is 9.72. The highest BCUT2D eigenvalue weighted by molar-refractivity contribution is 7.16. The number of amides is 1. The SMILES string of the molecule is CC(C)(C)[C@H]1CCc2c(sc(N=Cc3c(OCc4ccccc4)ccc4ccccc34)c2C(=O)Nc2ccc(Cl)cc2)C1. The Labute approximate surface area is 262 Å². The number of carbonyl (C=O) groups is 1. The molecule has 0 saturated heterocycles. The number of thiophene rings is 1. The van der Waals surface area contributed by atoms with Gasteiger partial charge in [0.2, 0.25) is 0 Å². The predicted octanol–water partition coefficient (Wildman–Crippen LogP) is 10.3. The Balaban J connectivity index is 1.39. The molecule has 0 spiro atoms. The van der Waals surface area contributed by atoms with E-state index < -0.39 is 0 Å². The number of aliphatic imine (C=N–C) groups is 1. The van der Waals surface area contributed by atoms with Gasteiger partial charge in [-0.1, -0.05) is 93.0 Å². The van der Waals surface area contributed by atoms with Crippen LogP contribution in [-0.2, 0) is 19.4 Å². The number of hydrogen-bond donors (Lipinski definition) is 1. The summed E-state index contributed by atoms with van der Waals surface area (Å²) >= 11 is 7.73. The summed E-state index contributed by atoms with van der Waals surface area (Å²) in [6.45, 7) is 7.37. The quantitative estimate of drug-likeness (QED) is 0.187. The second kappa shape index (κ2) is 12.4. The molecule has 0 bridgehead atoms. The Morgan fingerprint density at radius 3 is 2.51 bits per heavy atom. The zero-order valence-corrected chi connectivity index (χ0v) is 26.3. The van der Waals surface area contributed by atoms with Gasteiger partial charge in [-0.05, 0) is 82.8 Å². The van der Waals surface area contributed by atoms with Gasteiger partial charge < -0.3 is 10.1 Å². The van der Waals surface area contributed by atoms with E-state index in [0.29, 0.717) is 28.8 Å². The third-order valence-electron chi connectivity index (χ3n) is 8.28. The minimum absolute atomic E-state index is 0.139. The maximum absolute atomic E-state index is 13.8. The molecule has 43 heavy (non-hydrogen) atoms. The molecule has 6 rings (SSSR count). The zero-order chi connectivity index (χ0) is 30.0. The van der Waals surface area contributed by atoms with Gasteiger partial charge in [0.15, 0.2) is 0 Å². The van der Waals surface area contributed by atoms with Crippen LogP contribution in [0.2, 0.25) is 5.02 Å². The van der Waals surface area contributed by atoms with Crippen molar-refractivity contribution in [2.45, 2.75) is 46.6 Å². The Morgan fingerprint density at radius 2 is 1.74 bits per heavy atom. The topological polar surface area (TPSA) is 50.7 Å². The lowest BCUT2D eigenvalue weighted by molar-refractivity contribution is 0.102. The number of fused-ring (bicyclic) bond motifs is 2. The molecule has 1 aromatic heterocycles. The molecule has 0 saturated carbocycles. The number of nitrogens with zero attached hydrogens (tertiary/aromatic N) is 1. The Hall–Kier alpha value is -3.93. The van der Waals surface area contributed by atoms with E-state index in [-0.39, 0.29) is 11.3 Å². The zero-order valence-electron chi connectivity index (χ0n) is 24.7. The standard InChI is InChI=1S/C37H35ClN2O2S/c1-37(2,3)26-14-19-30-33(21-26)43-36(34(30)35(41)40-28-17-15-27(38)16-18-28)39-22-31-29-12-8-7-11-25(29)13-20-32(31)42-23-24-9-5-4-6-10-24/h4-13,15-18,20,22,26H,14,19,21,23H2,1-3H3,(H,40,41)/t26-/m0/s1. The Kier molecular flexibility index (Phi) is 8.38. The number of hydrogen-bond acceptors (Lipinski definition) is 4. The molecular weight excluding hydrogens is 572 g/mol. The first kappa shape index (κ1) is 29.2. The highest BCUT2D eigenvalue weighted by Crippen LogP contribution is 2.45. The fourth-order valence-electron chi connectivity index (χ4n) is 5.76. The van der Waals surface area contributed by atoms with Crippen LogP contribution in [-0.4, -0.2) is 12.1 Å². The molecular formula is C37H35ClN2O2S. The van der Waals surface area contributed by atoms with Crippen molar-refractivity contribution in [3.63, 3.8) is 0 Å². The van der Waals surface area contributed by atoms with Gasteiger partial charge in [0, 0.05) is 27.4 Å². The Morgan fingerprint density at radius 1 is 1.00 bits per heavy atom. The third-order valence-corrected chi connectivity index (χ3v) is 9.69. The van der Waals surface area contributed by atoms with E-state index in [1.807, 2.05) is 54.7 Å². The van der Waals surface area contributed by atoms with Crippen LogP contribution in [0.1, 0.15) is 59.1 Å². The number of anilines is 1. The maximum Gasteiger partial charge on any atom is 0.259 e. The average Bonchev–Trinajstić information content (AvgIpc) is 3.38. The lowest BCUT2D eigenvalue weighted by Gasteiger charge is -2.33. The van der Waals surface area contributed by atoms with Gasteiger partial charge in [-0.3, -0.25) is 4.79 Å². The van der Waals surface area contributed by atoms with Gasteiger partial charge in [-0.25, -0.2) is 4.99 Å². The van der Waals surface area contributed by atoms with E-state index in [4.69, 9.17) is 21.3 Å². The first-order valence-corrected chi connectivity index (χ1v) is 15.9. The number of ether oxygens (including phenoxy) is 1. The normalized spacial score (nSPS) is 15.0. The highest BCUT2D eigenvalue weighted by Gasteiger charge is 2.33. The monoisotopic (exact) mass is 606 g/mol. The first-order valence-electron chi connectivity index (χ1n) is 14.7. The van der Waals surface area contributed by atoms with Crippen LogP contribution in [0.25, 0.3) is 10.8 Å². The summed E-state index contributed by atoms with van der Waals surface area (Å²) in [4.78, 5) is 20.2. The fraction of sp³-hybridized carbons (Fsp3) is 0.243. The number of carbonyl (C=O) groups excluding carboxylic acids is 1. The molecule has 218 valence electrons. The van der Waals surface area contributed by atoms with Crippen molar-refractivity contribution < 1.29 is 9.53 Å². The Bertz CT molecular complexity index is 1790. The molecule has 4 aromatic carbocycles. The molecule has 0 aliphatic heterocycles. The van der Waals surface area contributed by atoms with Crippen molar-refractivity contribution >= 4 is 56.5 Å². The van der Waals surface area contributed by atoms with Gasteiger partial charge in [0.05, 0.1) is 5.56 Å². The molecule has 5 aromatic rings. The van der Waals surface area contributed by atoms with E-state index in [1.165, 1.54) is 4.88 Å². The number of nitrogens with one attached hydrogen (secondary N) is 1. The molecule has 1 aliphatic rings. The molecule has 1 N–H and O–H groups in total. The second-order valence-electron chi connectivity index (χ2n) is 12.2. The van der Waals surface area contributed by atoms with Crippen LogP contribution in [0.15, 0.2) is 96.0 Å². The van der Waals surface area contributed by atoms with E-state index in [1.54, 1.807) is 23.5 Å². The lowest BCUT2D eigenvalue weighted by Crippen LogP contribution is -2.27. The molecule has 1 atom stereocenters. The number of benzene rings is 4. The molecule has 4 nitrogen and oxygen atoms in total. The predicted molar refractivity (Wildman–Crippen MR) is 181 cm³/mol. The van der Waals surface area contributed by atoms with Crippen LogP contribution in [0.3, 0.4) is 0 Å². The van der Waals surface area contributed by atoms with Crippen LogP contribution in [0, 0.1) is 11.3 Å². The van der Waals surface area contributed by atoms with Crippen molar-refractivity contribution in [3.05, 3.63) is 123 Å². The summed E-state index contributed by atoms with van der Waals surface area (Å²) in [6.07, 6.45) is 4.75. The van der Waals surface area contributed by atoms with Gasteiger partial charge in [0.1, 0.15) is 17.4 Å². The van der Waals surface area contributed by atoms with Crippen molar-refractivity contribution in [1.82, 2.24) is 0 Å². The maximum atomic E-state index is 13.8. The smallest absolute Gasteiger partial charge is 0.259 e. The van der Waals surface area contributed by atoms with Gasteiger partial charge >= 0.3 is 0 Å². The molecule has 1 amide bonds. The van der Waals surface area contributed by atoms with Crippen LogP contribution >= 0.6 is 22.9 Å². The summed E-state index contributed by atoms with van der Waals surface area (Å²) in [5, 5.41) is 6.61. The van der Waals surface area contributed by atoms with E-state index in [2.05, 4.69) is 56.4 Å². The number of rotatable bonds is 7. The summed E-state index contributed by atoms with van der Waals surface area (Å²) in [6, 6.07) is 29.7. The van der Waals surface area contributed by atoms with Gasteiger partial charge in [-0.2, -0.15) is 0 Å². The minimum Gasteiger partial charge on any atom is -0.488 e. The molecule has 0 unspecified atom stereocenters. The van der Waals surface area contributed by atoms with E-state index >= 15 is 0 Å². The highest BCUT2D eigenvalue weighted by atomic mass is 35.5. The van der Waals surface area contributed by atoms with Crippen molar-refractivity contribution in [1.29, 1.82) is 0 Å². The largest absolute Gasteiger partial charge is 0.488 e. The van der Waals surface area contributed by atoms with Crippen molar-refractivity contribution in [3.8, 4) is 5.75 Å². The summed E-state index contributed by atoms with van der Waals surface area (Å²) in [5.74, 6) is 1.17. The van der Waals surface area contributed by atoms with Gasteiger partial charge in [0.25, 0.3) is 5.91 Å². The fourth-order valence-corrected chi connectivity index (χ4v) is 7.15. The van der Waals surface area contributed by atoms with Crippen molar-refractivity contribution in [2.75, 3.05) is 5.32 Å². The van der Waals surface area contributed by atoms with Crippen LogP contribution in [0.4, 0.5) is 10.7 Å². The number of halogens is 1. The minimum atomic E-state index is -0.139. The first-order chi connectivity index (χ1) is 20.8. The van der Waals surface area contributed by atoms with Gasteiger partial charge in [-0.15, -0.1) is 11.3 Å². The third kappa shape index (κ3) is 6.53.